The Morgan fingerprint density at radius 2 is 2.00 bits per heavy atom. The Kier molecular flexibility index (Phi) is 4.76. The molecule has 1 amide bonds. The average molecular weight is 499 g/mol. The van der Waals surface area contributed by atoms with Crippen molar-refractivity contribution in [3.05, 3.63) is 40.7 Å². The third-order valence-corrected chi connectivity index (χ3v) is 7.73. The smallest absolute Gasteiger partial charge is 0.480 e. The minimum absolute atomic E-state index is 0.148. The molecule has 7 rings (SSSR count). The van der Waals surface area contributed by atoms with Gasteiger partial charge in [0.1, 0.15) is 5.75 Å². The van der Waals surface area contributed by atoms with E-state index in [1.165, 1.54) is 4.80 Å². The van der Waals surface area contributed by atoms with Crippen LogP contribution < -0.4 is 10.1 Å². The fourth-order valence-electron chi connectivity index (χ4n) is 5.82. The highest BCUT2D eigenvalue weighted by Crippen LogP contribution is 2.67. The fraction of sp³-hybridized carbons (Fsp3) is 0.591. The molecule has 12 heteroatoms. The lowest BCUT2D eigenvalue weighted by Gasteiger charge is -2.69. The van der Waals surface area contributed by atoms with Crippen LogP contribution in [0.25, 0.3) is 0 Å². The van der Waals surface area contributed by atoms with Crippen LogP contribution in [0.15, 0.2) is 24.4 Å². The quantitative estimate of drug-likeness (QED) is 0.656. The van der Waals surface area contributed by atoms with Gasteiger partial charge in [0.05, 0.1) is 30.1 Å². The molecule has 2 aromatic rings. The molecule has 34 heavy (non-hydrogen) atoms. The molecule has 2 bridgehead atoms. The zero-order chi connectivity index (χ0) is 23.9. The summed E-state index contributed by atoms with van der Waals surface area (Å²) in [5, 5.41) is 22.8. The number of rotatable bonds is 5. The van der Waals surface area contributed by atoms with Crippen molar-refractivity contribution in [1.82, 2.24) is 20.3 Å². The second-order valence-corrected chi connectivity index (χ2v) is 10.4. The first-order valence-electron chi connectivity index (χ1n) is 11.2. The summed E-state index contributed by atoms with van der Waals surface area (Å²) in [6, 6.07) is 4.74. The SMILES string of the molecule is O=C(NC12CC(c3cnn([C@H]4C[C@@H](OC(F)(F)F)C4)n3)(C1)C2)[C@H]1C[C@@H](O)c2cc(Cl)ccc2O1. The summed E-state index contributed by atoms with van der Waals surface area (Å²) in [6.07, 6.45) is -2.67. The van der Waals surface area contributed by atoms with E-state index in [0.29, 0.717) is 16.3 Å². The lowest BCUT2D eigenvalue weighted by molar-refractivity contribution is -0.353. The second kappa shape index (κ2) is 7.32. The van der Waals surface area contributed by atoms with Gasteiger partial charge in [-0.1, -0.05) is 11.6 Å². The van der Waals surface area contributed by atoms with Gasteiger partial charge in [-0.15, -0.1) is 13.2 Å². The first-order valence-corrected chi connectivity index (χ1v) is 11.5. The highest BCUT2D eigenvalue weighted by molar-refractivity contribution is 6.30. The summed E-state index contributed by atoms with van der Waals surface area (Å²) < 4.78 is 46.8. The molecule has 8 nitrogen and oxygen atoms in total. The summed E-state index contributed by atoms with van der Waals surface area (Å²) in [6.45, 7) is 0. The number of benzene rings is 1. The van der Waals surface area contributed by atoms with Gasteiger partial charge < -0.3 is 15.2 Å². The summed E-state index contributed by atoms with van der Waals surface area (Å²) in [7, 11) is 0. The van der Waals surface area contributed by atoms with Gasteiger partial charge in [-0.2, -0.15) is 15.0 Å². The van der Waals surface area contributed by atoms with Crippen molar-refractivity contribution in [3.8, 4) is 5.75 Å². The molecular weight excluding hydrogens is 477 g/mol. The Morgan fingerprint density at radius 3 is 2.71 bits per heavy atom. The minimum Gasteiger partial charge on any atom is -0.480 e. The Bertz CT molecular complexity index is 1130. The molecule has 0 unspecified atom stereocenters. The second-order valence-electron chi connectivity index (χ2n) is 9.98. The number of aromatic nitrogens is 3. The maximum Gasteiger partial charge on any atom is 0.522 e. The van der Waals surface area contributed by atoms with Crippen LogP contribution in [0.2, 0.25) is 5.02 Å². The van der Waals surface area contributed by atoms with Crippen LogP contribution >= 0.6 is 11.6 Å². The normalized spacial score (nSPS) is 35.8. The zero-order valence-electron chi connectivity index (χ0n) is 17.9. The molecule has 1 aromatic carbocycles. The lowest BCUT2D eigenvalue weighted by atomic mass is 9.38. The number of carbonyl (C=O) groups is 1. The van der Waals surface area contributed by atoms with Crippen LogP contribution in [0, 0.1) is 0 Å². The van der Waals surface area contributed by atoms with Crippen LogP contribution in [0.5, 0.6) is 5.75 Å². The maximum atomic E-state index is 12.9. The fourth-order valence-corrected chi connectivity index (χ4v) is 6.00. The summed E-state index contributed by atoms with van der Waals surface area (Å²) >= 11 is 5.98. The van der Waals surface area contributed by atoms with Gasteiger partial charge in [-0.25, -0.2) is 0 Å². The van der Waals surface area contributed by atoms with Gasteiger partial charge in [-0.3, -0.25) is 9.53 Å². The Hall–Kier alpha value is -2.37. The third-order valence-electron chi connectivity index (χ3n) is 7.50. The number of halogens is 4. The molecule has 0 spiro atoms. The Balaban J connectivity index is 1.03. The number of aliphatic hydroxyl groups excluding tert-OH is 1. The van der Waals surface area contributed by atoms with Gasteiger partial charge >= 0.3 is 6.36 Å². The summed E-state index contributed by atoms with van der Waals surface area (Å²) in [4.78, 5) is 14.4. The maximum absolute atomic E-state index is 12.9. The highest BCUT2D eigenvalue weighted by atomic mass is 35.5. The molecule has 0 saturated heterocycles. The molecule has 2 N–H and O–H groups in total. The van der Waals surface area contributed by atoms with Gasteiger partial charge in [0.2, 0.25) is 0 Å². The molecule has 1 aliphatic heterocycles. The number of alkyl halides is 3. The number of amides is 1. The molecule has 0 radical (unpaired) electrons. The molecule has 1 aromatic heterocycles. The highest BCUT2D eigenvalue weighted by Gasteiger charge is 2.70. The van der Waals surface area contributed by atoms with Gasteiger partial charge in [0, 0.05) is 28.0 Å². The molecule has 2 atom stereocenters. The standard InChI is InChI=1S/C22H22ClF3N4O4/c23-11-1-2-16-14(3-11)15(31)6-17(33-16)19(32)28-21-8-20(9-21,10-21)18-7-27-30(29-18)12-4-13(5-12)34-22(24,25)26/h1-3,7,12-13,15,17,31H,4-6,8-10H2,(H,28,32)/t12-,13+,15-,17-,20?,21?/m1/s1. The van der Waals surface area contributed by atoms with E-state index in [1.54, 1.807) is 24.4 Å². The molecule has 4 aliphatic carbocycles. The number of carbonyl (C=O) groups excluding carboxylic acids is 1. The molecule has 182 valence electrons. The van der Waals surface area contributed by atoms with Crippen LogP contribution in [0.3, 0.4) is 0 Å². The number of hydrogen-bond donors (Lipinski definition) is 2. The number of fused-ring (bicyclic) bond motifs is 1. The molecule has 4 saturated carbocycles. The summed E-state index contributed by atoms with van der Waals surface area (Å²) in [5.74, 6) is 0.189. The van der Waals surface area contributed by atoms with E-state index >= 15 is 0 Å². The molecular formula is C22H22ClF3N4O4. The molecule has 4 fully saturated rings. The van der Waals surface area contributed by atoms with Crippen LogP contribution in [0.4, 0.5) is 13.2 Å². The van der Waals surface area contributed by atoms with E-state index in [2.05, 4.69) is 20.3 Å². The monoisotopic (exact) mass is 498 g/mol. The lowest BCUT2D eigenvalue weighted by Crippen LogP contribution is -2.77. The largest absolute Gasteiger partial charge is 0.522 e. The number of hydrogen-bond acceptors (Lipinski definition) is 6. The van der Waals surface area contributed by atoms with Crippen LogP contribution in [-0.2, 0) is 14.9 Å². The van der Waals surface area contributed by atoms with E-state index < -0.39 is 24.7 Å². The molecule has 5 aliphatic rings. The van der Waals surface area contributed by atoms with Gasteiger partial charge in [0.25, 0.3) is 5.91 Å². The van der Waals surface area contributed by atoms with Crippen molar-refractivity contribution in [2.45, 2.75) is 80.2 Å². The van der Waals surface area contributed by atoms with Crippen molar-refractivity contribution < 1.29 is 32.5 Å². The van der Waals surface area contributed by atoms with E-state index in [1.807, 2.05) is 0 Å². The van der Waals surface area contributed by atoms with Crippen molar-refractivity contribution in [3.63, 3.8) is 0 Å². The third kappa shape index (κ3) is 3.64. The van der Waals surface area contributed by atoms with Crippen molar-refractivity contribution in [1.29, 1.82) is 0 Å². The zero-order valence-corrected chi connectivity index (χ0v) is 18.6. The Labute approximate surface area is 197 Å². The average Bonchev–Trinajstić information content (AvgIpc) is 3.14. The van der Waals surface area contributed by atoms with Gasteiger partial charge in [-0.05, 0) is 50.3 Å². The van der Waals surface area contributed by atoms with E-state index in [-0.39, 0.29) is 42.2 Å². The van der Waals surface area contributed by atoms with Crippen LogP contribution in [-0.4, -0.2) is 50.1 Å². The van der Waals surface area contributed by atoms with Crippen molar-refractivity contribution in [2.24, 2.45) is 0 Å². The number of ether oxygens (including phenoxy) is 2. The Morgan fingerprint density at radius 1 is 1.26 bits per heavy atom. The number of nitrogens with zero attached hydrogens (tertiary/aromatic N) is 3. The number of aliphatic hydroxyl groups is 1. The first-order chi connectivity index (χ1) is 16.0. The van der Waals surface area contributed by atoms with E-state index in [4.69, 9.17) is 16.3 Å². The predicted octanol–water partition coefficient (Wildman–Crippen LogP) is 3.35. The van der Waals surface area contributed by atoms with Crippen molar-refractivity contribution in [2.75, 3.05) is 0 Å². The topological polar surface area (TPSA) is 98.5 Å². The molecule has 2 heterocycles. The first kappa shape index (κ1) is 22.1. The van der Waals surface area contributed by atoms with E-state index in [0.717, 1.165) is 25.0 Å². The summed E-state index contributed by atoms with van der Waals surface area (Å²) in [5.41, 5.74) is 0.899. The van der Waals surface area contributed by atoms with E-state index in [9.17, 15) is 23.1 Å². The number of nitrogens with one attached hydrogen (secondary N) is 1. The van der Waals surface area contributed by atoms with Crippen LogP contribution in [0.1, 0.15) is 61.9 Å². The van der Waals surface area contributed by atoms with Gasteiger partial charge in [0.15, 0.2) is 6.10 Å². The predicted molar refractivity (Wildman–Crippen MR) is 111 cm³/mol. The minimum atomic E-state index is -4.62. The van der Waals surface area contributed by atoms with Crippen molar-refractivity contribution >= 4 is 17.5 Å².